The summed E-state index contributed by atoms with van der Waals surface area (Å²) in [6.07, 6.45) is 1.60. The molecule has 23 heavy (non-hydrogen) atoms. The SMILES string of the molecule is NC(=O)N(CCSCc1ccco1)c1ccc(Cl)c([N+](=O)[O-])c1. The zero-order valence-electron chi connectivity index (χ0n) is 12.0. The van der Waals surface area contributed by atoms with Crippen molar-refractivity contribution in [1.29, 1.82) is 0 Å². The Labute approximate surface area is 141 Å². The molecule has 2 rings (SSSR count). The maximum Gasteiger partial charge on any atom is 0.319 e. The Balaban J connectivity index is 2.02. The van der Waals surface area contributed by atoms with Crippen molar-refractivity contribution in [2.24, 2.45) is 5.73 Å². The molecule has 1 aromatic carbocycles. The number of nitro groups is 1. The van der Waals surface area contributed by atoms with Gasteiger partial charge in [-0.3, -0.25) is 15.0 Å². The van der Waals surface area contributed by atoms with Crippen molar-refractivity contribution in [3.8, 4) is 0 Å². The van der Waals surface area contributed by atoms with Crippen LogP contribution in [0.5, 0.6) is 0 Å². The number of halogens is 1. The van der Waals surface area contributed by atoms with Crippen LogP contribution in [-0.4, -0.2) is 23.3 Å². The zero-order valence-corrected chi connectivity index (χ0v) is 13.5. The van der Waals surface area contributed by atoms with Crippen molar-refractivity contribution in [1.82, 2.24) is 0 Å². The van der Waals surface area contributed by atoms with Gasteiger partial charge in [0.15, 0.2) is 0 Å². The summed E-state index contributed by atoms with van der Waals surface area (Å²) in [6.45, 7) is 0.319. The molecule has 7 nitrogen and oxygen atoms in total. The van der Waals surface area contributed by atoms with Crippen molar-refractivity contribution in [2.45, 2.75) is 5.75 Å². The number of urea groups is 1. The number of carbonyl (C=O) groups excluding carboxylic acids is 1. The number of nitro benzene ring substituents is 1. The van der Waals surface area contributed by atoms with Crippen LogP contribution in [0.1, 0.15) is 5.76 Å². The van der Waals surface area contributed by atoms with E-state index in [-0.39, 0.29) is 10.7 Å². The third-order valence-corrected chi connectivity index (χ3v) is 4.27. The van der Waals surface area contributed by atoms with Crippen molar-refractivity contribution in [2.75, 3.05) is 17.2 Å². The number of benzene rings is 1. The van der Waals surface area contributed by atoms with E-state index in [1.54, 1.807) is 24.1 Å². The minimum absolute atomic E-state index is 0.00960. The molecule has 2 amide bonds. The Morgan fingerprint density at radius 1 is 1.43 bits per heavy atom. The monoisotopic (exact) mass is 355 g/mol. The van der Waals surface area contributed by atoms with Gasteiger partial charge in [0.05, 0.1) is 22.6 Å². The lowest BCUT2D eigenvalue weighted by Gasteiger charge is -2.20. The molecule has 0 unspecified atom stereocenters. The molecule has 2 N–H and O–H groups in total. The molecule has 0 fully saturated rings. The molecule has 0 saturated heterocycles. The van der Waals surface area contributed by atoms with E-state index in [0.717, 1.165) is 5.76 Å². The summed E-state index contributed by atoms with van der Waals surface area (Å²) in [5.41, 5.74) is 5.44. The summed E-state index contributed by atoms with van der Waals surface area (Å²) in [6, 6.07) is 7.13. The third kappa shape index (κ3) is 4.64. The third-order valence-electron chi connectivity index (χ3n) is 2.99. The van der Waals surface area contributed by atoms with Crippen LogP contribution in [0.4, 0.5) is 16.2 Å². The smallest absolute Gasteiger partial charge is 0.319 e. The van der Waals surface area contributed by atoms with Crippen LogP contribution >= 0.6 is 23.4 Å². The van der Waals surface area contributed by atoms with Crippen molar-refractivity contribution in [3.05, 3.63) is 57.5 Å². The van der Waals surface area contributed by atoms with Crippen LogP contribution in [0, 0.1) is 10.1 Å². The standard InChI is InChI=1S/C14H14ClN3O4S/c15-12-4-3-10(8-13(12)18(20)21)17(14(16)19)5-7-23-9-11-2-1-6-22-11/h1-4,6,8H,5,7,9H2,(H2,16,19). The summed E-state index contributed by atoms with van der Waals surface area (Å²) >= 11 is 7.33. The molecule has 0 aliphatic heterocycles. The lowest BCUT2D eigenvalue weighted by molar-refractivity contribution is -0.384. The van der Waals surface area contributed by atoms with Gasteiger partial charge in [-0.25, -0.2) is 4.79 Å². The van der Waals surface area contributed by atoms with Crippen LogP contribution < -0.4 is 10.6 Å². The van der Waals surface area contributed by atoms with Crippen LogP contribution in [0.3, 0.4) is 0 Å². The summed E-state index contributed by atoms with van der Waals surface area (Å²) in [5, 5.41) is 10.9. The maximum atomic E-state index is 11.6. The first-order valence-electron chi connectivity index (χ1n) is 6.60. The highest BCUT2D eigenvalue weighted by atomic mass is 35.5. The number of thioether (sulfide) groups is 1. The topological polar surface area (TPSA) is 103 Å². The van der Waals surface area contributed by atoms with Gasteiger partial charge in [-0.1, -0.05) is 11.6 Å². The maximum absolute atomic E-state index is 11.6. The number of carbonyl (C=O) groups is 1. The van der Waals surface area contributed by atoms with Gasteiger partial charge in [0, 0.05) is 18.4 Å². The van der Waals surface area contributed by atoms with Crippen molar-refractivity contribution < 1.29 is 14.1 Å². The average molecular weight is 356 g/mol. The highest BCUT2D eigenvalue weighted by Crippen LogP contribution is 2.29. The molecule has 0 radical (unpaired) electrons. The van der Waals surface area contributed by atoms with E-state index in [2.05, 4.69) is 0 Å². The van der Waals surface area contributed by atoms with Crippen LogP contribution in [0.25, 0.3) is 0 Å². The van der Waals surface area contributed by atoms with E-state index in [1.165, 1.54) is 23.1 Å². The van der Waals surface area contributed by atoms with Gasteiger partial charge < -0.3 is 10.2 Å². The number of hydrogen-bond acceptors (Lipinski definition) is 5. The van der Waals surface area contributed by atoms with Gasteiger partial charge in [-0.2, -0.15) is 11.8 Å². The number of nitrogens with two attached hydrogens (primary N) is 1. The first-order chi connectivity index (χ1) is 11.0. The quantitative estimate of drug-likeness (QED) is 0.463. The number of primary amides is 1. The number of nitrogens with zero attached hydrogens (tertiary/aromatic N) is 2. The predicted molar refractivity (Wildman–Crippen MR) is 89.9 cm³/mol. The highest BCUT2D eigenvalue weighted by Gasteiger charge is 2.18. The van der Waals surface area contributed by atoms with E-state index >= 15 is 0 Å². The van der Waals surface area contributed by atoms with Gasteiger partial charge in [-0.05, 0) is 24.3 Å². The Kier molecular flexibility index (Phi) is 5.89. The van der Waals surface area contributed by atoms with Gasteiger partial charge in [0.2, 0.25) is 0 Å². The van der Waals surface area contributed by atoms with Crippen LogP contribution in [0.15, 0.2) is 41.0 Å². The second-order valence-electron chi connectivity index (χ2n) is 4.51. The number of furan rings is 1. The number of anilines is 1. The van der Waals surface area contributed by atoms with Gasteiger partial charge in [0.1, 0.15) is 10.8 Å². The Hall–Kier alpha value is -2.19. The Morgan fingerprint density at radius 2 is 2.22 bits per heavy atom. The van der Waals surface area contributed by atoms with E-state index < -0.39 is 11.0 Å². The minimum Gasteiger partial charge on any atom is -0.468 e. The second-order valence-corrected chi connectivity index (χ2v) is 6.03. The number of hydrogen-bond donors (Lipinski definition) is 1. The molecule has 0 saturated carbocycles. The molecule has 0 aliphatic rings. The molecule has 1 heterocycles. The first-order valence-corrected chi connectivity index (χ1v) is 8.13. The molecule has 0 aliphatic carbocycles. The van der Waals surface area contributed by atoms with Crippen molar-refractivity contribution in [3.63, 3.8) is 0 Å². The fourth-order valence-corrected chi connectivity index (χ4v) is 2.91. The van der Waals surface area contributed by atoms with Gasteiger partial charge >= 0.3 is 6.03 Å². The van der Waals surface area contributed by atoms with E-state index in [0.29, 0.717) is 23.7 Å². The number of amides is 2. The molecule has 0 spiro atoms. The summed E-state index contributed by atoms with van der Waals surface area (Å²) in [5.74, 6) is 2.10. The van der Waals surface area contributed by atoms with Crippen molar-refractivity contribution >= 4 is 40.8 Å². The van der Waals surface area contributed by atoms with Gasteiger partial charge in [0.25, 0.3) is 5.69 Å². The molecular formula is C14H14ClN3O4S. The van der Waals surface area contributed by atoms with E-state index in [4.69, 9.17) is 21.8 Å². The van der Waals surface area contributed by atoms with Crippen LogP contribution in [-0.2, 0) is 5.75 Å². The van der Waals surface area contributed by atoms with E-state index in [1.807, 2.05) is 6.07 Å². The lowest BCUT2D eigenvalue weighted by atomic mass is 10.2. The van der Waals surface area contributed by atoms with Gasteiger partial charge in [-0.15, -0.1) is 0 Å². The normalized spacial score (nSPS) is 10.5. The minimum atomic E-state index is -0.680. The average Bonchev–Trinajstić information content (AvgIpc) is 3.01. The zero-order chi connectivity index (χ0) is 16.8. The molecule has 0 atom stereocenters. The Morgan fingerprint density at radius 3 is 2.83 bits per heavy atom. The predicted octanol–water partition coefficient (Wildman–Crippen LogP) is 3.66. The molecule has 0 bridgehead atoms. The molecular weight excluding hydrogens is 342 g/mol. The van der Waals surface area contributed by atoms with Crippen LogP contribution in [0.2, 0.25) is 5.02 Å². The highest BCUT2D eigenvalue weighted by molar-refractivity contribution is 7.98. The molecule has 2 aromatic rings. The molecule has 9 heteroatoms. The largest absolute Gasteiger partial charge is 0.468 e. The molecule has 122 valence electrons. The summed E-state index contributed by atoms with van der Waals surface area (Å²) in [7, 11) is 0. The Bertz CT molecular complexity index is 693. The summed E-state index contributed by atoms with van der Waals surface area (Å²) < 4.78 is 5.21. The van der Waals surface area contributed by atoms with E-state index in [9.17, 15) is 14.9 Å². The fourth-order valence-electron chi connectivity index (χ4n) is 1.90. The number of rotatable bonds is 7. The fraction of sp³-hybridized carbons (Fsp3) is 0.214. The second kappa shape index (κ2) is 7.89. The summed E-state index contributed by atoms with van der Waals surface area (Å²) in [4.78, 5) is 23.2. The molecule has 1 aromatic heterocycles. The first kappa shape index (κ1) is 17.2. The lowest BCUT2D eigenvalue weighted by Crippen LogP contribution is -2.37.